The van der Waals surface area contributed by atoms with Crippen molar-refractivity contribution in [3.8, 4) is 0 Å². The molecule has 6 heteroatoms. The van der Waals surface area contributed by atoms with E-state index in [0.29, 0.717) is 6.61 Å². The highest BCUT2D eigenvalue weighted by Crippen LogP contribution is 2.16. The zero-order valence-electron chi connectivity index (χ0n) is 6.99. The predicted octanol–water partition coefficient (Wildman–Crippen LogP) is 1.47. The van der Waals surface area contributed by atoms with E-state index in [-0.39, 0.29) is 12.4 Å². The fourth-order valence-corrected chi connectivity index (χ4v) is 1.21. The third kappa shape index (κ3) is 2.82. The minimum absolute atomic E-state index is 0.145. The quantitative estimate of drug-likeness (QED) is 0.703. The molecule has 0 aliphatic rings. The minimum Gasteiger partial charge on any atom is -0.445 e. The van der Waals surface area contributed by atoms with Gasteiger partial charge < -0.3 is 9.15 Å². The molecule has 0 radical (unpaired) electrons. The number of furan rings is 1. The summed E-state index contributed by atoms with van der Waals surface area (Å²) in [6.45, 7) is 2.42. The lowest BCUT2D eigenvalue weighted by molar-refractivity contribution is 0.115. The monoisotopic (exact) mass is 208 g/mol. The van der Waals surface area contributed by atoms with Gasteiger partial charge in [-0.2, -0.15) is 8.42 Å². The van der Waals surface area contributed by atoms with Crippen molar-refractivity contribution in [1.29, 1.82) is 0 Å². The molecule has 0 spiro atoms. The van der Waals surface area contributed by atoms with Crippen LogP contribution in [0.15, 0.2) is 21.6 Å². The Balaban J connectivity index is 2.76. The Labute approximate surface area is 75.5 Å². The lowest BCUT2D eigenvalue weighted by Crippen LogP contribution is -1.90. The smallest absolute Gasteiger partial charge is 0.365 e. The molecule has 0 saturated carbocycles. The van der Waals surface area contributed by atoms with Gasteiger partial charge in [-0.15, -0.1) is 0 Å². The molecule has 0 amide bonds. The van der Waals surface area contributed by atoms with E-state index in [1.54, 1.807) is 6.92 Å². The van der Waals surface area contributed by atoms with E-state index >= 15 is 0 Å². The normalized spacial score (nSPS) is 11.8. The summed E-state index contributed by atoms with van der Waals surface area (Å²) in [6, 6.07) is 2.42. The first-order chi connectivity index (χ1) is 6.04. The van der Waals surface area contributed by atoms with Gasteiger partial charge in [-0.05, 0) is 19.1 Å². The predicted molar refractivity (Wildman–Crippen MR) is 42.3 cm³/mol. The molecule has 0 aliphatic carbocycles. The van der Waals surface area contributed by atoms with Crippen molar-refractivity contribution in [2.75, 3.05) is 6.61 Å². The van der Waals surface area contributed by atoms with E-state index in [2.05, 4.69) is 4.42 Å². The van der Waals surface area contributed by atoms with Gasteiger partial charge in [-0.1, -0.05) is 3.89 Å². The van der Waals surface area contributed by atoms with Crippen LogP contribution >= 0.6 is 0 Å². The van der Waals surface area contributed by atoms with Gasteiger partial charge in [-0.3, -0.25) is 0 Å². The summed E-state index contributed by atoms with van der Waals surface area (Å²) in [5.74, 6) is 0.290. The van der Waals surface area contributed by atoms with Gasteiger partial charge in [0.05, 0.1) is 0 Å². The number of halogens is 1. The first-order valence-electron chi connectivity index (χ1n) is 3.65. The molecule has 13 heavy (non-hydrogen) atoms. The van der Waals surface area contributed by atoms with Crippen LogP contribution in [0.25, 0.3) is 0 Å². The largest absolute Gasteiger partial charge is 0.445 e. The Hall–Kier alpha value is -0.880. The van der Waals surface area contributed by atoms with Crippen molar-refractivity contribution in [2.45, 2.75) is 18.6 Å². The first kappa shape index (κ1) is 10.2. The zero-order valence-corrected chi connectivity index (χ0v) is 7.80. The molecule has 1 heterocycles. The second-order valence-corrected chi connectivity index (χ2v) is 3.57. The van der Waals surface area contributed by atoms with Crippen LogP contribution in [-0.4, -0.2) is 15.0 Å². The Bertz CT molecular complexity index is 368. The van der Waals surface area contributed by atoms with Gasteiger partial charge in [0.15, 0.2) is 0 Å². The summed E-state index contributed by atoms with van der Waals surface area (Å²) in [6.07, 6.45) is 0. The topological polar surface area (TPSA) is 56.5 Å². The van der Waals surface area contributed by atoms with Crippen LogP contribution in [-0.2, 0) is 21.6 Å². The average molecular weight is 208 g/mol. The zero-order chi connectivity index (χ0) is 9.90. The highest BCUT2D eigenvalue weighted by Gasteiger charge is 2.16. The van der Waals surface area contributed by atoms with Crippen molar-refractivity contribution in [3.63, 3.8) is 0 Å². The van der Waals surface area contributed by atoms with Crippen LogP contribution in [0.2, 0.25) is 0 Å². The molecule has 0 aliphatic heterocycles. The molecule has 1 rings (SSSR count). The second-order valence-electron chi connectivity index (χ2n) is 2.30. The highest BCUT2D eigenvalue weighted by atomic mass is 32.3. The van der Waals surface area contributed by atoms with E-state index in [1.807, 2.05) is 0 Å². The molecule has 4 nitrogen and oxygen atoms in total. The molecule has 0 N–H and O–H groups in total. The second kappa shape index (κ2) is 3.89. The number of ether oxygens (including phenoxy) is 1. The first-order valence-corrected chi connectivity index (χ1v) is 5.03. The standard InChI is InChI=1S/C7H9FO4S/c1-2-11-5-6-3-4-7(12-6)13(8,9)10/h3-4H,2,5H2,1H3. The number of rotatable bonds is 4. The van der Waals surface area contributed by atoms with Crippen molar-refractivity contribution >= 4 is 10.2 Å². The molecule has 1 aromatic heterocycles. The van der Waals surface area contributed by atoms with Gasteiger partial charge in [-0.25, -0.2) is 0 Å². The minimum atomic E-state index is -4.73. The van der Waals surface area contributed by atoms with Gasteiger partial charge in [0.25, 0.3) is 0 Å². The van der Waals surface area contributed by atoms with E-state index < -0.39 is 15.3 Å². The SMILES string of the molecule is CCOCc1ccc(S(=O)(=O)F)o1. The number of hydrogen-bond donors (Lipinski definition) is 0. The maximum Gasteiger partial charge on any atom is 0.365 e. The van der Waals surface area contributed by atoms with E-state index in [0.717, 1.165) is 6.07 Å². The van der Waals surface area contributed by atoms with Crippen LogP contribution in [0.3, 0.4) is 0 Å². The van der Waals surface area contributed by atoms with Crippen molar-refractivity contribution in [1.82, 2.24) is 0 Å². The molecule has 74 valence electrons. The summed E-state index contributed by atoms with van der Waals surface area (Å²) in [7, 11) is -4.73. The van der Waals surface area contributed by atoms with Crippen LogP contribution < -0.4 is 0 Å². The number of hydrogen-bond acceptors (Lipinski definition) is 4. The average Bonchev–Trinajstić information content (AvgIpc) is 2.47. The van der Waals surface area contributed by atoms with Gasteiger partial charge >= 0.3 is 10.2 Å². The maximum absolute atomic E-state index is 12.3. The van der Waals surface area contributed by atoms with Crippen LogP contribution in [0.5, 0.6) is 0 Å². The summed E-state index contributed by atoms with van der Waals surface area (Å²) in [4.78, 5) is 0. The third-order valence-electron chi connectivity index (χ3n) is 1.33. The van der Waals surface area contributed by atoms with Crippen molar-refractivity contribution in [3.05, 3.63) is 17.9 Å². The summed E-state index contributed by atoms with van der Waals surface area (Å²) >= 11 is 0. The fourth-order valence-electron chi connectivity index (χ4n) is 0.770. The maximum atomic E-state index is 12.3. The fraction of sp³-hybridized carbons (Fsp3) is 0.429. The van der Waals surface area contributed by atoms with Gasteiger partial charge in [0.2, 0.25) is 5.09 Å². The molecule has 0 unspecified atom stereocenters. The van der Waals surface area contributed by atoms with Gasteiger partial charge in [0.1, 0.15) is 12.4 Å². The molecule has 1 aromatic rings. The van der Waals surface area contributed by atoms with E-state index in [1.165, 1.54) is 6.07 Å². The van der Waals surface area contributed by atoms with Crippen LogP contribution in [0.4, 0.5) is 3.89 Å². The summed E-state index contributed by atoms with van der Waals surface area (Å²) in [5.41, 5.74) is 0. The Morgan fingerprint density at radius 1 is 1.54 bits per heavy atom. The highest BCUT2D eigenvalue weighted by molar-refractivity contribution is 7.86. The Kier molecular flexibility index (Phi) is 3.05. The molecular weight excluding hydrogens is 199 g/mol. The van der Waals surface area contributed by atoms with Crippen molar-refractivity contribution in [2.24, 2.45) is 0 Å². The molecule has 0 aromatic carbocycles. The van der Waals surface area contributed by atoms with E-state index in [9.17, 15) is 12.3 Å². The lowest BCUT2D eigenvalue weighted by Gasteiger charge is -1.95. The molecule has 0 bridgehead atoms. The third-order valence-corrected chi connectivity index (χ3v) is 2.03. The molecule has 0 fully saturated rings. The van der Waals surface area contributed by atoms with Crippen LogP contribution in [0.1, 0.15) is 12.7 Å². The lowest BCUT2D eigenvalue weighted by atomic mass is 10.5. The Morgan fingerprint density at radius 2 is 2.23 bits per heavy atom. The molecular formula is C7H9FO4S. The van der Waals surface area contributed by atoms with Crippen molar-refractivity contribution < 1.29 is 21.5 Å². The summed E-state index contributed by atoms with van der Waals surface area (Å²) in [5, 5.41) is -0.679. The van der Waals surface area contributed by atoms with Crippen LogP contribution in [0, 0.1) is 0 Å². The molecule has 0 atom stereocenters. The summed E-state index contributed by atoms with van der Waals surface area (Å²) < 4.78 is 42.5. The van der Waals surface area contributed by atoms with E-state index in [4.69, 9.17) is 4.74 Å². The van der Waals surface area contributed by atoms with Gasteiger partial charge in [0, 0.05) is 6.61 Å². The Morgan fingerprint density at radius 3 is 2.69 bits per heavy atom. The molecule has 0 saturated heterocycles.